The van der Waals surface area contributed by atoms with Crippen LogP contribution in [0.25, 0.3) is 6.08 Å². The molecule has 0 bridgehead atoms. The standard InChI is InChI=1S/C19H27N3O4/c1-15(2)13-18(21-9-11-26-12-10-21)14-20-19(23)8-5-16-3-6-17(7-4-16)22(24)25/h3-8,15,18H,9-14H2,1-2H3,(H,20,23)/b8-5+. The number of morpholine rings is 1. The van der Waals surface area contributed by atoms with Gasteiger partial charge in [-0.2, -0.15) is 0 Å². The number of amides is 1. The molecule has 1 fully saturated rings. The number of ether oxygens (including phenoxy) is 1. The van der Waals surface area contributed by atoms with E-state index in [2.05, 4.69) is 24.1 Å². The first kappa shape index (κ1) is 20.1. The Labute approximate surface area is 154 Å². The minimum absolute atomic E-state index is 0.0358. The van der Waals surface area contributed by atoms with Crippen LogP contribution in [-0.2, 0) is 9.53 Å². The quantitative estimate of drug-likeness (QED) is 0.437. The molecule has 142 valence electrons. The molecule has 0 radical (unpaired) electrons. The van der Waals surface area contributed by atoms with E-state index in [4.69, 9.17) is 4.74 Å². The van der Waals surface area contributed by atoms with Crippen molar-refractivity contribution in [2.24, 2.45) is 5.92 Å². The van der Waals surface area contributed by atoms with Crippen LogP contribution >= 0.6 is 0 Å². The largest absolute Gasteiger partial charge is 0.379 e. The molecule has 1 aromatic carbocycles. The van der Waals surface area contributed by atoms with Crippen LogP contribution in [0.1, 0.15) is 25.8 Å². The Morgan fingerprint density at radius 3 is 2.54 bits per heavy atom. The fourth-order valence-corrected chi connectivity index (χ4v) is 3.00. The minimum atomic E-state index is -0.444. The molecule has 1 saturated heterocycles. The molecular weight excluding hydrogens is 334 g/mol. The maximum absolute atomic E-state index is 12.1. The van der Waals surface area contributed by atoms with Crippen LogP contribution in [0, 0.1) is 16.0 Å². The number of nitro groups is 1. The molecule has 1 heterocycles. The first-order valence-electron chi connectivity index (χ1n) is 8.98. The predicted octanol–water partition coefficient (Wildman–Crippen LogP) is 2.47. The molecule has 0 aromatic heterocycles. The van der Waals surface area contributed by atoms with Gasteiger partial charge in [0, 0.05) is 43.9 Å². The van der Waals surface area contributed by atoms with Gasteiger partial charge in [-0.25, -0.2) is 0 Å². The van der Waals surface area contributed by atoms with Gasteiger partial charge in [-0.3, -0.25) is 19.8 Å². The van der Waals surface area contributed by atoms with Crippen molar-refractivity contribution in [3.63, 3.8) is 0 Å². The lowest BCUT2D eigenvalue weighted by Crippen LogP contribution is -2.49. The van der Waals surface area contributed by atoms with Gasteiger partial charge in [-0.1, -0.05) is 13.8 Å². The molecule has 0 saturated carbocycles. The van der Waals surface area contributed by atoms with Crippen molar-refractivity contribution in [1.82, 2.24) is 10.2 Å². The van der Waals surface area contributed by atoms with Crippen molar-refractivity contribution < 1.29 is 14.5 Å². The maximum atomic E-state index is 12.1. The average molecular weight is 361 g/mol. The van der Waals surface area contributed by atoms with Crippen molar-refractivity contribution in [3.05, 3.63) is 46.0 Å². The molecule has 26 heavy (non-hydrogen) atoms. The number of nitrogens with zero attached hydrogens (tertiary/aromatic N) is 2. The third-order valence-corrected chi connectivity index (χ3v) is 4.35. The number of hydrogen-bond acceptors (Lipinski definition) is 5. The van der Waals surface area contributed by atoms with E-state index >= 15 is 0 Å². The zero-order valence-corrected chi connectivity index (χ0v) is 15.4. The highest BCUT2D eigenvalue weighted by Crippen LogP contribution is 2.14. The lowest BCUT2D eigenvalue weighted by molar-refractivity contribution is -0.384. The zero-order chi connectivity index (χ0) is 18.9. The van der Waals surface area contributed by atoms with E-state index in [1.807, 2.05) is 0 Å². The van der Waals surface area contributed by atoms with E-state index in [0.717, 1.165) is 38.3 Å². The van der Waals surface area contributed by atoms with E-state index in [9.17, 15) is 14.9 Å². The number of hydrogen-bond donors (Lipinski definition) is 1. The van der Waals surface area contributed by atoms with Gasteiger partial charge in [0.2, 0.25) is 5.91 Å². The van der Waals surface area contributed by atoms with Gasteiger partial charge in [-0.05, 0) is 36.1 Å². The van der Waals surface area contributed by atoms with E-state index < -0.39 is 4.92 Å². The fourth-order valence-electron chi connectivity index (χ4n) is 3.00. The molecule has 0 spiro atoms. The lowest BCUT2D eigenvalue weighted by atomic mass is 10.0. The van der Waals surface area contributed by atoms with E-state index in [-0.39, 0.29) is 11.6 Å². The average Bonchev–Trinajstić information content (AvgIpc) is 2.64. The van der Waals surface area contributed by atoms with Crippen molar-refractivity contribution in [2.75, 3.05) is 32.8 Å². The molecule has 7 heteroatoms. The molecule has 1 atom stereocenters. The first-order chi connectivity index (χ1) is 12.5. The van der Waals surface area contributed by atoms with Crippen LogP contribution in [0.15, 0.2) is 30.3 Å². The molecule has 1 aliphatic heterocycles. The maximum Gasteiger partial charge on any atom is 0.269 e. The normalized spacial score (nSPS) is 16.7. The van der Waals surface area contributed by atoms with Crippen LogP contribution in [0.3, 0.4) is 0 Å². The second-order valence-corrected chi connectivity index (χ2v) is 6.86. The van der Waals surface area contributed by atoms with Crippen molar-refractivity contribution in [3.8, 4) is 0 Å². The summed E-state index contributed by atoms with van der Waals surface area (Å²) in [6.45, 7) is 8.23. The highest BCUT2D eigenvalue weighted by molar-refractivity contribution is 5.91. The summed E-state index contributed by atoms with van der Waals surface area (Å²) in [7, 11) is 0. The smallest absolute Gasteiger partial charge is 0.269 e. The molecule has 1 N–H and O–H groups in total. The number of carbonyl (C=O) groups is 1. The van der Waals surface area contributed by atoms with Crippen LogP contribution in [0.4, 0.5) is 5.69 Å². The van der Waals surface area contributed by atoms with E-state index in [1.165, 1.54) is 18.2 Å². The molecule has 1 aliphatic rings. The molecule has 1 aromatic rings. The highest BCUT2D eigenvalue weighted by Gasteiger charge is 2.22. The zero-order valence-electron chi connectivity index (χ0n) is 15.4. The highest BCUT2D eigenvalue weighted by atomic mass is 16.6. The Kier molecular flexibility index (Phi) is 7.74. The number of nitro benzene ring substituents is 1. The van der Waals surface area contributed by atoms with Crippen molar-refractivity contribution in [1.29, 1.82) is 0 Å². The van der Waals surface area contributed by atoms with Gasteiger partial charge in [0.25, 0.3) is 5.69 Å². The van der Waals surface area contributed by atoms with Gasteiger partial charge in [0.15, 0.2) is 0 Å². The monoisotopic (exact) mass is 361 g/mol. The predicted molar refractivity (Wildman–Crippen MR) is 101 cm³/mol. The summed E-state index contributed by atoms with van der Waals surface area (Å²) >= 11 is 0. The molecular formula is C19H27N3O4. The molecule has 7 nitrogen and oxygen atoms in total. The number of nitrogens with one attached hydrogen (secondary N) is 1. The molecule has 2 rings (SSSR count). The van der Waals surface area contributed by atoms with Crippen LogP contribution in [0.2, 0.25) is 0 Å². The lowest BCUT2D eigenvalue weighted by Gasteiger charge is -2.35. The van der Waals surface area contributed by atoms with Gasteiger partial charge >= 0.3 is 0 Å². The third kappa shape index (κ3) is 6.57. The molecule has 0 aliphatic carbocycles. The SMILES string of the molecule is CC(C)CC(CNC(=O)/C=C/c1ccc([N+](=O)[O-])cc1)N1CCOCC1. The molecule has 1 amide bonds. The fraction of sp³-hybridized carbons (Fsp3) is 0.526. The minimum Gasteiger partial charge on any atom is -0.379 e. The van der Waals surface area contributed by atoms with Gasteiger partial charge < -0.3 is 10.1 Å². The number of carbonyl (C=O) groups excluding carboxylic acids is 1. The summed E-state index contributed by atoms with van der Waals surface area (Å²) in [4.78, 5) is 24.7. The Bertz CT molecular complexity index is 622. The summed E-state index contributed by atoms with van der Waals surface area (Å²) in [5.74, 6) is 0.390. The van der Waals surface area contributed by atoms with Gasteiger partial charge in [0.05, 0.1) is 18.1 Å². The van der Waals surface area contributed by atoms with Crippen molar-refractivity contribution in [2.45, 2.75) is 26.3 Å². The van der Waals surface area contributed by atoms with E-state index in [1.54, 1.807) is 18.2 Å². The summed E-state index contributed by atoms with van der Waals surface area (Å²) in [5, 5.41) is 13.6. The number of benzene rings is 1. The first-order valence-corrected chi connectivity index (χ1v) is 8.98. The second-order valence-electron chi connectivity index (χ2n) is 6.86. The summed E-state index contributed by atoms with van der Waals surface area (Å²) in [5.41, 5.74) is 0.784. The summed E-state index contributed by atoms with van der Waals surface area (Å²) in [6.07, 6.45) is 4.14. The summed E-state index contributed by atoms with van der Waals surface area (Å²) in [6, 6.07) is 6.40. The number of non-ortho nitro benzene ring substituents is 1. The van der Waals surface area contributed by atoms with Crippen molar-refractivity contribution >= 4 is 17.7 Å². The Morgan fingerprint density at radius 2 is 1.96 bits per heavy atom. The van der Waals surface area contributed by atoms with Gasteiger partial charge in [-0.15, -0.1) is 0 Å². The third-order valence-electron chi connectivity index (χ3n) is 4.35. The Hall–Kier alpha value is -2.25. The number of rotatable bonds is 8. The van der Waals surface area contributed by atoms with E-state index in [0.29, 0.717) is 18.5 Å². The topological polar surface area (TPSA) is 84.7 Å². The Morgan fingerprint density at radius 1 is 1.31 bits per heavy atom. The van der Waals surface area contributed by atoms with Crippen LogP contribution < -0.4 is 5.32 Å². The Balaban J connectivity index is 1.87. The summed E-state index contributed by atoms with van der Waals surface area (Å²) < 4.78 is 5.41. The van der Waals surface area contributed by atoms with Crippen LogP contribution in [-0.4, -0.2) is 54.6 Å². The molecule has 1 unspecified atom stereocenters. The van der Waals surface area contributed by atoms with Gasteiger partial charge in [0.1, 0.15) is 0 Å². The second kappa shape index (κ2) is 10.0. The van der Waals surface area contributed by atoms with Crippen LogP contribution in [0.5, 0.6) is 0 Å².